The van der Waals surface area contributed by atoms with Gasteiger partial charge in [-0.05, 0) is 44.9 Å². The SMILES string of the molecule is CC(=O)c1c(C)[nH]c(C(=O)CSc2nnc(Nc3ccccc3C)s2)c1C. The van der Waals surface area contributed by atoms with Crippen molar-refractivity contribution in [1.29, 1.82) is 0 Å². The van der Waals surface area contributed by atoms with Crippen LogP contribution in [0, 0.1) is 20.8 Å². The fourth-order valence-corrected chi connectivity index (χ4v) is 4.54. The molecule has 0 radical (unpaired) electrons. The summed E-state index contributed by atoms with van der Waals surface area (Å²) in [6, 6.07) is 7.94. The molecule has 3 rings (SSSR count). The quantitative estimate of drug-likeness (QED) is 0.441. The third-order valence-electron chi connectivity index (χ3n) is 4.19. The normalized spacial score (nSPS) is 10.8. The highest BCUT2D eigenvalue weighted by Crippen LogP contribution is 2.29. The number of para-hydroxylation sites is 1. The van der Waals surface area contributed by atoms with E-state index in [4.69, 9.17) is 0 Å². The van der Waals surface area contributed by atoms with Gasteiger partial charge < -0.3 is 10.3 Å². The number of aromatic amines is 1. The number of thioether (sulfide) groups is 1. The van der Waals surface area contributed by atoms with Crippen LogP contribution < -0.4 is 5.32 Å². The van der Waals surface area contributed by atoms with Crippen molar-refractivity contribution in [2.24, 2.45) is 0 Å². The molecule has 0 aliphatic rings. The van der Waals surface area contributed by atoms with Gasteiger partial charge in [0.1, 0.15) is 0 Å². The minimum atomic E-state index is -0.0586. The Morgan fingerprint density at radius 2 is 1.93 bits per heavy atom. The number of benzene rings is 1. The zero-order chi connectivity index (χ0) is 19.6. The summed E-state index contributed by atoms with van der Waals surface area (Å²) >= 11 is 2.75. The highest BCUT2D eigenvalue weighted by atomic mass is 32.2. The maximum Gasteiger partial charge on any atom is 0.210 e. The number of H-pyrrole nitrogens is 1. The van der Waals surface area contributed by atoms with E-state index < -0.39 is 0 Å². The Kier molecular flexibility index (Phi) is 5.76. The monoisotopic (exact) mass is 400 g/mol. The van der Waals surface area contributed by atoms with Gasteiger partial charge in [0.25, 0.3) is 0 Å². The second kappa shape index (κ2) is 8.06. The van der Waals surface area contributed by atoms with Gasteiger partial charge in [0.15, 0.2) is 15.9 Å². The number of carbonyl (C=O) groups is 2. The summed E-state index contributed by atoms with van der Waals surface area (Å²) in [7, 11) is 0. The first kappa shape index (κ1) is 19.3. The van der Waals surface area contributed by atoms with Crippen LogP contribution in [0.1, 0.15) is 44.6 Å². The van der Waals surface area contributed by atoms with Crippen molar-refractivity contribution in [2.45, 2.75) is 32.0 Å². The van der Waals surface area contributed by atoms with E-state index in [2.05, 4.69) is 20.5 Å². The molecule has 0 bridgehead atoms. The molecule has 2 N–H and O–H groups in total. The van der Waals surface area contributed by atoms with Crippen LogP contribution in [0.15, 0.2) is 28.6 Å². The lowest BCUT2D eigenvalue weighted by Crippen LogP contribution is -2.05. The van der Waals surface area contributed by atoms with Crippen molar-refractivity contribution >= 4 is 45.5 Å². The van der Waals surface area contributed by atoms with Gasteiger partial charge >= 0.3 is 0 Å². The topological polar surface area (TPSA) is 87.7 Å². The molecule has 0 unspecified atom stereocenters. The number of aryl methyl sites for hydroxylation is 2. The summed E-state index contributed by atoms with van der Waals surface area (Å²) in [5, 5.41) is 12.2. The Labute approximate surface area is 165 Å². The number of nitrogens with one attached hydrogen (secondary N) is 2. The van der Waals surface area contributed by atoms with Crippen molar-refractivity contribution in [2.75, 3.05) is 11.1 Å². The van der Waals surface area contributed by atoms with E-state index >= 15 is 0 Å². The maximum absolute atomic E-state index is 12.5. The van der Waals surface area contributed by atoms with Crippen molar-refractivity contribution in [1.82, 2.24) is 15.2 Å². The van der Waals surface area contributed by atoms with Gasteiger partial charge in [-0.25, -0.2) is 0 Å². The Bertz CT molecular complexity index is 1010. The molecule has 0 atom stereocenters. The summed E-state index contributed by atoms with van der Waals surface area (Å²) in [5.41, 5.74) is 4.64. The standard InChI is InChI=1S/C19H20N4O2S2/c1-10-7-5-6-8-14(10)21-18-22-23-19(27-18)26-9-15(25)17-11(2)16(13(4)24)12(3)20-17/h5-8,20H,9H2,1-4H3,(H,21,22). The third kappa shape index (κ3) is 4.28. The minimum absolute atomic E-state index is 0.0380. The Hall–Kier alpha value is -2.45. The average molecular weight is 401 g/mol. The first-order chi connectivity index (χ1) is 12.9. The number of rotatable bonds is 7. The number of hydrogen-bond donors (Lipinski definition) is 2. The van der Waals surface area contributed by atoms with Gasteiger partial charge in [-0.2, -0.15) is 0 Å². The first-order valence-corrected chi connectivity index (χ1v) is 10.2. The molecule has 27 heavy (non-hydrogen) atoms. The minimum Gasteiger partial charge on any atom is -0.355 e. The molecule has 8 heteroatoms. The molecule has 0 spiro atoms. The van der Waals surface area contributed by atoms with E-state index in [1.54, 1.807) is 6.92 Å². The highest BCUT2D eigenvalue weighted by Gasteiger charge is 2.20. The number of aromatic nitrogens is 3. The van der Waals surface area contributed by atoms with Crippen LogP contribution in [0.5, 0.6) is 0 Å². The summed E-state index contributed by atoms with van der Waals surface area (Å²) in [4.78, 5) is 27.3. The second-order valence-electron chi connectivity index (χ2n) is 6.21. The Morgan fingerprint density at radius 1 is 1.19 bits per heavy atom. The molecule has 0 saturated heterocycles. The van der Waals surface area contributed by atoms with Crippen LogP contribution in [0.3, 0.4) is 0 Å². The van der Waals surface area contributed by atoms with Crippen LogP contribution in [0.25, 0.3) is 0 Å². The number of anilines is 2. The fraction of sp³-hybridized carbons (Fsp3) is 0.263. The van der Waals surface area contributed by atoms with E-state index in [0.717, 1.165) is 16.9 Å². The number of Topliss-reactive ketones (excluding diaryl/α,β-unsaturated/α-hetero) is 2. The van der Waals surface area contributed by atoms with Crippen molar-refractivity contribution in [3.63, 3.8) is 0 Å². The van der Waals surface area contributed by atoms with Crippen LogP contribution in [0.4, 0.5) is 10.8 Å². The largest absolute Gasteiger partial charge is 0.355 e. The molecular weight excluding hydrogens is 380 g/mol. The predicted octanol–water partition coefficient (Wildman–Crippen LogP) is 4.71. The highest BCUT2D eigenvalue weighted by molar-refractivity contribution is 8.01. The molecular formula is C19H20N4O2S2. The van der Waals surface area contributed by atoms with Gasteiger partial charge in [0.2, 0.25) is 5.13 Å². The first-order valence-electron chi connectivity index (χ1n) is 8.39. The summed E-state index contributed by atoms with van der Waals surface area (Å²) in [5.74, 6) is 0.137. The number of ketones is 2. The fourth-order valence-electron chi connectivity index (χ4n) is 2.90. The van der Waals surface area contributed by atoms with Gasteiger partial charge in [0.05, 0.1) is 11.4 Å². The molecule has 0 aliphatic heterocycles. The zero-order valence-electron chi connectivity index (χ0n) is 15.5. The Balaban J connectivity index is 1.65. The van der Waals surface area contributed by atoms with Crippen molar-refractivity contribution in [3.8, 4) is 0 Å². The predicted molar refractivity (Wildman–Crippen MR) is 110 cm³/mol. The molecule has 2 aromatic heterocycles. The van der Waals surface area contributed by atoms with E-state index in [-0.39, 0.29) is 17.3 Å². The van der Waals surface area contributed by atoms with Gasteiger partial charge in [0, 0.05) is 16.9 Å². The molecule has 0 fully saturated rings. The lowest BCUT2D eigenvalue weighted by atomic mass is 10.1. The van der Waals surface area contributed by atoms with Gasteiger partial charge in [-0.1, -0.05) is 41.3 Å². The number of nitrogens with zero attached hydrogens (tertiary/aromatic N) is 2. The van der Waals surface area contributed by atoms with Crippen LogP contribution in [-0.2, 0) is 0 Å². The molecule has 6 nitrogen and oxygen atoms in total. The molecule has 1 aromatic carbocycles. The van der Waals surface area contributed by atoms with Crippen LogP contribution >= 0.6 is 23.1 Å². The van der Waals surface area contributed by atoms with E-state index in [0.29, 0.717) is 26.3 Å². The lowest BCUT2D eigenvalue weighted by Gasteiger charge is -2.04. The Morgan fingerprint density at radius 3 is 2.59 bits per heavy atom. The third-order valence-corrected chi connectivity index (χ3v) is 6.16. The smallest absolute Gasteiger partial charge is 0.210 e. The van der Waals surface area contributed by atoms with Crippen LogP contribution in [0.2, 0.25) is 0 Å². The molecule has 0 aliphatic carbocycles. The summed E-state index contributed by atoms with van der Waals surface area (Å²) in [6.07, 6.45) is 0. The molecule has 140 valence electrons. The maximum atomic E-state index is 12.5. The van der Waals surface area contributed by atoms with Gasteiger partial charge in [-0.15, -0.1) is 10.2 Å². The lowest BCUT2D eigenvalue weighted by molar-refractivity contribution is 0.101. The van der Waals surface area contributed by atoms with Crippen molar-refractivity contribution in [3.05, 3.63) is 52.3 Å². The van der Waals surface area contributed by atoms with Crippen molar-refractivity contribution < 1.29 is 9.59 Å². The zero-order valence-corrected chi connectivity index (χ0v) is 17.2. The van der Waals surface area contributed by atoms with E-state index in [1.807, 2.05) is 38.1 Å². The van der Waals surface area contributed by atoms with Crippen LogP contribution in [-0.4, -0.2) is 32.5 Å². The average Bonchev–Trinajstić information content (AvgIpc) is 3.18. The summed E-state index contributed by atoms with van der Waals surface area (Å²) in [6.45, 7) is 7.14. The number of hydrogen-bond acceptors (Lipinski definition) is 7. The molecule has 0 amide bonds. The van der Waals surface area contributed by atoms with E-state index in [1.165, 1.54) is 30.0 Å². The molecule has 0 saturated carbocycles. The molecule has 2 heterocycles. The summed E-state index contributed by atoms with van der Waals surface area (Å²) < 4.78 is 0.715. The van der Waals surface area contributed by atoms with E-state index in [9.17, 15) is 9.59 Å². The molecule has 3 aromatic rings. The van der Waals surface area contributed by atoms with Gasteiger partial charge in [-0.3, -0.25) is 9.59 Å². The number of carbonyl (C=O) groups excluding carboxylic acids is 2. The second-order valence-corrected chi connectivity index (χ2v) is 8.41.